The number of hydrogen-bond acceptors (Lipinski definition) is 5. The molecular formula is C19H18ClN3O2S. The van der Waals surface area contributed by atoms with Crippen molar-refractivity contribution < 1.29 is 9.53 Å². The summed E-state index contributed by atoms with van der Waals surface area (Å²) < 4.78 is 5.42. The molecule has 0 saturated heterocycles. The van der Waals surface area contributed by atoms with Gasteiger partial charge in [-0.2, -0.15) is 0 Å². The molecule has 134 valence electrons. The van der Waals surface area contributed by atoms with Crippen molar-refractivity contribution in [2.75, 3.05) is 11.9 Å². The van der Waals surface area contributed by atoms with Crippen LogP contribution in [0.25, 0.3) is 0 Å². The molecule has 3 rings (SSSR count). The minimum Gasteiger partial charge on any atom is -0.494 e. The van der Waals surface area contributed by atoms with Crippen LogP contribution in [0.3, 0.4) is 0 Å². The van der Waals surface area contributed by atoms with Crippen molar-refractivity contribution in [2.24, 2.45) is 0 Å². The van der Waals surface area contributed by atoms with Crippen LogP contribution in [0.5, 0.6) is 5.75 Å². The first-order valence-corrected chi connectivity index (χ1v) is 9.38. The number of carbonyl (C=O) groups excluding carboxylic acids is 1. The summed E-state index contributed by atoms with van der Waals surface area (Å²) in [5.41, 5.74) is 2.12. The van der Waals surface area contributed by atoms with Gasteiger partial charge in [0.2, 0.25) is 0 Å². The van der Waals surface area contributed by atoms with Crippen molar-refractivity contribution in [3.05, 3.63) is 70.2 Å². The molecule has 1 amide bonds. The van der Waals surface area contributed by atoms with Gasteiger partial charge in [0.15, 0.2) is 5.13 Å². The Balaban J connectivity index is 1.58. The molecule has 5 nitrogen and oxygen atoms in total. The molecule has 3 aromatic rings. The van der Waals surface area contributed by atoms with Crippen molar-refractivity contribution in [2.45, 2.75) is 13.5 Å². The summed E-state index contributed by atoms with van der Waals surface area (Å²) in [5.74, 6) is 0.581. The lowest BCUT2D eigenvalue weighted by Gasteiger charge is -2.06. The zero-order chi connectivity index (χ0) is 18.4. The van der Waals surface area contributed by atoms with E-state index in [4.69, 9.17) is 16.3 Å². The third-order valence-electron chi connectivity index (χ3n) is 3.55. The minimum atomic E-state index is -0.235. The van der Waals surface area contributed by atoms with E-state index in [9.17, 15) is 4.79 Å². The molecule has 2 N–H and O–H groups in total. The van der Waals surface area contributed by atoms with Crippen LogP contribution in [-0.4, -0.2) is 17.5 Å². The van der Waals surface area contributed by atoms with E-state index in [0.717, 1.165) is 17.0 Å². The largest absolute Gasteiger partial charge is 0.494 e. The summed E-state index contributed by atoms with van der Waals surface area (Å²) in [6, 6.07) is 15.0. The van der Waals surface area contributed by atoms with E-state index in [0.29, 0.717) is 29.0 Å². The Morgan fingerprint density at radius 3 is 2.69 bits per heavy atom. The molecule has 0 aliphatic heterocycles. The Labute approximate surface area is 161 Å². The number of ether oxygens (including phenoxy) is 1. The van der Waals surface area contributed by atoms with E-state index in [-0.39, 0.29) is 5.91 Å². The predicted molar refractivity (Wildman–Crippen MR) is 106 cm³/mol. The molecule has 0 spiro atoms. The molecular weight excluding hydrogens is 370 g/mol. The minimum absolute atomic E-state index is 0.235. The van der Waals surface area contributed by atoms with Gasteiger partial charge in [-0.3, -0.25) is 4.79 Å². The maximum Gasteiger partial charge on any atom is 0.271 e. The van der Waals surface area contributed by atoms with Gasteiger partial charge in [0.25, 0.3) is 5.91 Å². The normalized spacial score (nSPS) is 10.4. The number of nitrogens with zero attached hydrogens (tertiary/aromatic N) is 1. The summed E-state index contributed by atoms with van der Waals surface area (Å²) >= 11 is 7.47. The molecule has 0 atom stereocenters. The summed E-state index contributed by atoms with van der Waals surface area (Å²) in [6.45, 7) is 2.93. The Kier molecular flexibility index (Phi) is 6.09. The third kappa shape index (κ3) is 4.74. The van der Waals surface area contributed by atoms with Crippen LogP contribution in [0.1, 0.15) is 23.0 Å². The average Bonchev–Trinajstić information content (AvgIpc) is 3.11. The number of anilines is 2. The molecule has 0 aliphatic rings. The fraction of sp³-hybridized carbons (Fsp3) is 0.158. The lowest BCUT2D eigenvalue weighted by Crippen LogP contribution is -2.23. The summed E-state index contributed by atoms with van der Waals surface area (Å²) in [6.07, 6.45) is 0. The fourth-order valence-electron chi connectivity index (χ4n) is 2.27. The van der Waals surface area contributed by atoms with E-state index in [1.807, 2.05) is 49.4 Å². The van der Waals surface area contributed by atoms with Crippen LogP contribution in [0.2, 0.25) is 5.02 Å². The standard InChI is InChI=1S/C19H18ClN3O2S/c1-2-25-15-9-7-14(8-10-15)22-19-23-17(12-26-19)18(24)21-11-13-5-3-4-6-16(13)20/h3-10,12H,2,11H2,1H3,(H,21,24)(H,22,23). The Bertz CT molecular complexity index is 881. The van der Waals surface area contributed by atoms with Crippen molar-refractivity contribution in [3.8, 4) is 5.75 Å². The second-order valence-electron chi connectivity index (χ2n) is 5.39. The van der Waals surface area contributed by atoms with Crippen LogP contribution in [0, 0.1) is 0 Å². The molecule has 1 aromatic heterocycles. The lowest BCUT2D eigenvalue weighted by molar-refractivity contribution is 0.0946. The fourth-order valence-corrected chi connectivity index (χ4v) is 3.18. The van der Waals surface area contributed by atoms with Crippen LogP contribution in [-0.2, 0) is 6.54 Å². The van der Waals surface area contributed by atoms with Gasteiger partial charge in [-0.05, 0) is 42.8 Å². The first-order chi connectivity index (χ1) is 12.7. The maximum absolute atomic E-state index is 12.3. The average molecular weight is 388 g/mol. The van der Waals surface area contributed by atoms with Gasteiger partial charge in [-0.25, -0.2) is 4.98 Å². The number of thiazole rings is 1. The molecule has 7 heteroatoms. The molecule has 2 aromatic carbocycles. The van der Waals surface area contributed by atoms with E-state index >= 15 is 0 Å². The first-order valence-electron chi connectivity index (χ1n) is 8.12. The van der Waals surface area contributed by atoms with E-state index in [1.54, 1.807) is 11.4 Å². The second kappa shape index (κ2) is 8.69. The van der Waals surface area contributed by atoms with Crippen molar-refractivity contribution in [1.82, 2.24) is 10.3 Å². The Morgan fingerprint density at radius 1 is 1.19 bits per heavy atom. The molecule has 0 fully saturated rings. The van der Waals surface area contributed by atoms with Crippen molar-refractivity contribution in [3.63, 3.8) is 0 Å². The maximum atomic E-state index is 12.3. The highest BCUT2D eigenvalue weighted by Crippen LogP contribution is 2.23. The number of benzene rings is 2. The molecule has 1 heterocycles. The molecule has 0 radical (unpaired) electrons. The monoisotopic (exact) mass is 387 g/mol. The molecule has 26 heavy (non-hydrogen) atoms. The van der Waals surface area contributed by atoms with Crippen LogP contribution >= 0.6 is 22.9 Å². The summed E-state index contributed by atoms with van der Waals surface area (Å²) in [7, 11) is 0. The number of halogens is 1. The molecule has 0 bridgehead atoms. The van der Waals surface area contributed by atoms with Crippen molar-refractivity contribution in [1.29, 1.82) is 0 Å². The quantitative estimate of drug-likeness (QED) is 0.607. The smallest absolute Gasteiger partial charge is 0.271 e. The van der Waals surface area contributed by atoms with Gasteiger partial charge >= 0.3 is 0 Å². The molecule has 0 saturated carbocycles. The number of hydrogen-bond donors (Lipinski definition) is 2. The van der Waals surface area contributed by atoms with Gasteiger partial charge in [0, 0.05) is 22.6 Å². The van der Waals surface area contributed by atoms with Gasteiger partial charge in [0.05, 0.1) is 6.61 Å². The summed E-state index contributed by atoms with van der Waals surface area (Å²) in [5, 5.41) is 9.01. The van der Waals surface area contributed by atoms with Crippen molar-refractivity contribution >= 4 is 39.7 Å². The SMILES string of the molecule is CCOc1ccc(Nc2nc(C(=O)NCc3ccccc3Cl)cs2)cc1. The van der Waals surface area contributed by atoms with Crippen LogP contribution < -0.4 is 15.4 Å². The van der Waals surface area contributed by atoms with Gasteiger partial charge < -0.3 is 15.4 Å². The third-order valence-corrected chi connectivity index (χ3v) is 4.68. The van der Waals surface area contributed by atoms with Crippen LogP contribution in [0.15, 0.2) is 53.9 Å². The number of amides is 1. The molecule has 0 unspecified atom stereocenters. The van der Waals surface area contributed by atoms with Gasteiger partial charge in [-0.15, -0.1) is 11.3 Å². The van der Waals surface area contributed by atoms with Gasteiger partial charge in [0.1, 0.15) is 11.4 Å². The topological polar surface area (TPSA) is 63.2 Å². The summed E-state index contributed by atoms with van der Waals surface area (Å²) in [4.78, 5) is 16.6. The Hall–Kier alpha value is -2.57. The number of nitrogens with one attached hydrogen (secondary N) is 2. The lowest BCUT2D eigenvalue weighted by atomic mass is 10.2. The predicted octanol–water partition coefficient (Wildman–Crippen LogP) is 4.87. The Morgan fingerprint density at radius 2 is 1.96 bits per heavy atom. The number of carbonyl (C=O) groups is 1. The highest BCUT2D eigenvalue weighted by molar-refractivity contribution is 7.14. The first kappa shape index (κ1) is 18.2. The second-order valence-corrected chi connectivity index (χ2v) is 6.66. The number of rotatable bonds is 7. The highest BCUT2D eigenvalue weighted by atomic mass is 35.5. The van der Waals surface area contributed by atoms with E-state index < -0.39 is 0 Å². The zero-order valence-electron chi connectivity index (χ0n) is 14.2. The van der Waals surface area contributed by atoms with Crippen LogP contribution in [0.4, 0.5) is 10.8 Å². The van der Waals surface area contributed by atoms with Gasteiger partial charge in [-0.1, -0.05) is 29.8 Å². The zero-order valence-corrected chi connectivity index (χ0v) is 15.7. The number of aromatic nitrogens is 1. The van der Waals surface area contributed by atoms with E-state index in [2.05, 4.69) is 15.6 Å². The van der Waals surface area contributed by atoms with E-state index in [1.165, 1.54) is 11.3 Å². The highest BCUT2D eigenvalue weighted by Gasteiger charge is 2.11. The molecule has 0 aliphatic carbocycles.